The maximum absolute atomic E-state index is 13.2. The normalized spacial score (nSPS) is 34.9. The van der Waals surface area contributed by atoms with Gasteiger partial charge in [0, 0.05) is 0 Å². The summed E-state index contributed by atoms with van der Waals surface area (Å²) in [6.45, 7) is 10.6. The first-order valence-corrected chi connectivity index (χ1v) is 12.4. The lowest BCUT2D eigenvalue weighted by Crippen LogP contribution is -2.58. The Hall–Kier alpha value is -1.73. The molecule has 0 unspecified atom stereocenters. The lowest BCUT2D eigenvalue weighted by atomic mass is 9.55. The molecule has 1 saturated heterocycles. The fourth-order valence-electron chi connectivity index (χ4n) is 6.78. The van der Waals surface area contributed by atoms with E-state index in [1.54, 1.807) is 13.8 Å². The molecule has 2 aliphatic carbocycles. The number of fused-ring (bicyclic) bond motifs is 1. The van der Waals surface area contributed by atoms with E-state index in [9.17, 15) is 9.90 Å². The zero-order chi connectivity index (χ0) is 24.8. The third-order valence-electron chi connectivity index (χ3n) is 8.33. The number of hydrogen-bond acceptors (Lipinski definition) is 6. The molecule has 1 aromatic rings. The zero-order valence-corrected chi connectivity index (χ0v) is 21.4. The molecule has 1 aromatic carbocycles. The Kier molecular flexibility index (Phi) is 6.75. The summed E-state index contributed by atoms with van der Waals surface area (Å²) in [5, 5.41) is 11.8. The molecular formula is C28H40O6. The van der Waals surface area contributed by atoms with Crippen LogP contribution in [0.4, 0.5) is 0 Å². The molecule has 6 heteroatoms. The number of esters is 1. The van der Waals surface area contributed by atoms with Crippen molar-refractivity contribution in [2.45, 2.75) is 90.5 Å². The SMILES string of the molecule is COC(=O)[C@]1(COCc2ccccc2)OC(C)(C)O[C@@H]1[C@H](O)C1=CC[C@H]2C(C)(C)CCC[C@]12C. The van der Waals surface area contributed by atoms with E-state index >= 15 is 0 Å². The number of carbonyl (C=O) groups is 1. The Bertz CT molecular complexity index is 922. The van der Waals surface area contributed by atoms with E-state index in [1.165, 1.54) is 13.5 Å². The summed E-state index contributed by atoms with van der Waals surface area (Å²) in [5.41, 5.74) is 0.398. The number of ether oxygens (including phenoxy) is 4. The Morgan fingerprint density at radius 3 is 2.53 bits per heavy atom. The first-order valence-electron chi connectivity index (χ1n) is 12.4. The van der Waals surface area contributed by atoms with Gasteiger partial charge in [0.2, 0.25) is 5.60 Å². The number of aliphatic hydroxyl groups excluding tert-OH is 1. The van der Waals surface area contributed by atoms with Crippen LogP contribution in [-0.2, 0) is 30.3 Å². The maximum atomic E-state index is 13.2. The van der Waals surface area contributed by atoms with E-state index in [1.807, 2.05) is 30.3 Å². The van der Waals surface area contributed by atoms with Crippen molar-refractivity contribution >= 4 is 5.97 Å². The van der Waals surface area contributed by atoms with Gasteiger partial charge < -0.3 is 24.1 Å². The van der Waals surface area contributed by atoms with E-state index < -0.39 is 29.6 Å². The van der Waals surface area contributed by atoms with Crippen molar-refractivity contribution in [1.82, 2.24) is 0 Å². The van der Waals surface area contributed by atoms with Crippen LogP contribution in [0.3, 0.4) is 0 Å². The van der Waals surface area contributed by atoms with Crippen molar-refractivity contribution in [3.8, 4) is 0 Å². The molecule has 0 bridgehead atoms. The average molecular weight is 473 g/mol. The van der Waals surface area contributed by atoms with Gasteiger partial charge in [-0.3, -0.25) is 0 Å². The van der Waals surface area contributed by atoms with Gasteiger partial charge >= 0.3 is 5.97 Å². The number of methoxy groups -OCH3 is 1. The lowest BCUT2D eigenvalue weighted by Gasteiger charge is -2.50. The second kappa shape index (κ2) is 9.05. The van der Waals surface area contributed by atoms with Crippen LogP contribution < -0.4 is 0 Å². The number of aliphatic hydroxyl groups is 1. The molecule has 0 spiro atoms. The van der Waals surface area contributed by atoms with Crippen molar-refractivity contribution in [3.05, 3.63) is 47.5 Å². The highest BCUT2D eigenvalue weighted by molar-refractivity contribution is 5.81. The fraction of sp³-hybridized carbons (Fsp3) is 0.679. The largest absolute Gasteiger partial charge is 0.467 e. The molecule has 1 heterocycles. The van der Waals surface area contributed by atoms with Gasteiger partial charge in [-0.2, -0.15) is 0 Å². The molecule has 34 heavy (non-hydrogen) atoms. The van der Waals surface area contributed by atoms with Crippen LogP contribution in [0.5, 0.6) is 0 Å². The molecule has 1 saturated carbocycles. The summed E-state index contributed by atoms with van der Waals surface area (Å²) in [6, 6.07) is 9.74. The molecule has 188 valence electrons. The summed E-state index contributed by atoms with van der Waals surface area (Å²) in [7, 11) is 1.33. The summed E-state index contributed by atoms with van der Waals surface area (Å²) in [5.74, 6) is -1.24. The quantitative estimate of drug-likeness (QED) is 0.454. The van der Waals surface area contributed by atoms with Crippen LogP contribution in [0.1, 0.15) is 65.9 Å². The van der Waals surface area contributed by atoms with Crippen LogP contribution >= 0.6 is 0 Å². The second-order valence-electron chi connectivity index (χ2n) is 11.6. The van der Waals surface area contributed by atoms with Gasteiger partial charge in [-0.15, -0.1) is 0 Å². The number of carbonyl (C=O) groups excluding carboxylic acids is 1. The molecule has 1 N–H and O–H groups in total. The van der Waals surface area contributed by atoms with Crippen molar-refractivity contribution < 1.29 is 28.8 Å². The summed E-state index contributed by atoms with van der Waals surface area (Å²) >= 11 is 0. The first kappa shape index (κ1) is 25.4. The van der Waals surface area contributed by atoms with E-state index in [2.05, 4.69) is 26.8 Å². The van der Waals surface area contributed by atoms with E-state index in [0.717, 1.165) is 30.4 Å². The Morgan fingerprint density at radius 1 is 1.15 bits per heavy atom. The van der Waals surface area contributed by atoms with Crippen molar-refractivity contribution in [2.24, 2.45) is 16.7 Å². The standard InChI is InChI=1S/C28H40O6/c1-25(2)15-10-16-27(5)20(13-14-21(25)27)22(29)23-28(24(30)31-6,34-26(3,4)33-23)18-32-17-19-11-8-7-9-12-19/h7-9,11-13,21-23,29H,10,14-18H2,1-6H3/t21-,22+,23+,27+,28+/m0/s1. The lowest BCUT2D eigenvalue weighted by molar-refractivity contribution is -0.197. The molecule has 4 rings (SSSR count). The molecule has 2 fully saturated rings. The van der Waals surface area contributed by atoms with Gasteiger partial charge in [0.15, 0.2) is 5.79 Å². The summed E-state index contributed by atoms with van der Waals surface area (Å²) in [6.07, 6.45) is 4.44. The summed E-state index contributed by atoms with van der Waals surface area (Å²) < 4.78 is 23.7. The van der Waals surface area contributed by atoms with E-state index in [0.29, 0.717) is 12.5 Å². The van der Waals surface area contributed by atoms with Crippen LogP contribution in [0, 0.1) is 16.7 Å². The van der Waals surface area contributed by atoms with Gasteiger partial charge in [0.05, 0.1) is 20.3 Å². The zero-order valence-electron chi connectivity index (χ0n) is 21.4. The van der Waals surface area contributed by atoms with Crippen molar-refractivity contribution in [2.75, 3.05) is 13.7 Å². The summed E-state index contributed by atoms with van der Waals surface area (Å²) in [4.78, 5) is 13.2. The third kappa shape index (κ3) is 4.34. The Labute approximate surface area is 203 Å². The smallest absolute Gasteiger partial charge is 0.343 e. The van der Waals surface area contributed by atoms with Gasteiger partial charge in [-0.05, 0) is 61.0 Å². The minimum absolute atomic E-state index is 0.0847. The highest BCUT2D eigenvalue weighted by Gasteiger charge is 2.64. The van der Waals surface area contributed by atoms with Crippen LogP contribution in [-0.4, -0.2) is 48.4 Å². The maximum Gasteiger partial charge on any atom is 0.343 e. The monoisotopic (exact) mass is 472 g/mol. The highest BCUT2D eigenvalue weighted by Crippen LogP contribution is 2.61. The fourth-order valence-corrected chi connectivity index (χ4v) is 6.78. The molecule has 0 aromatic heterocycles. The number of allylic oxidation sites excluding steroid dienone is 1. The van der Waals surface area contributed by atoms with Gasteiger partial charge in [0.25, 0.3) is 0 Å². The van der Waals surface area contributed by atoms with Gasteiger partial charge in [-0.1, -0.05) is 63.6 Å². The first-order chi connectivity index (χ1) is 16.0. The van der Waals surface area contributed by atoms with E-state index in [-0.39, 0.29) is 17.4 Å². The van der Waals surface area contributed by atoms with Gasteiger partial charge in [0.1, 0.15) is 12.2 Å². The number of rotatable bonds is 7. The topological polar surface area (TPSA) is 74.2 Å². The number of hydrogen-bond donors (Lipinski definition) is 1. The van der Waals surface area contributed by atoms with Gasteiger partial charge in [-0.25, -0.2) is 4.79 Å². The molecule has 1 aliphatic heterocycles. The highest BCUT2D eigenvalue weighted by atomic mass is 16.8. The Balaban J connectivity index is 1.63. The number of benzene rings is 1. The van der Waals surface area contributed by atoms with Crippen LogP contribution in [0.15, 0.2) is 42.0 Å². The molecule has 0 radical (unpaired) electrons. The minimum Gasteiger partial charge on any atom is -0.467 e. The molecule has 3 aliphatic rings. The van der Waals surface area contributed by atoms with Crippen LogP contribution in [0.25, 0.3) is 0 Å². The minimum atomic E-state index is -1.58. The molecular weight excluding hydrogens is 432 g/mol. The van der Waals surface area contributed by atoms with Crippen LogP contribution in [0.2, 0.25) is 0 Å². The van der Waals surface area contributed by atoms with Crippen molar-refractivity contribution in [1.29, 1.82) is 0 Å². The van der Waals surface area contributed by atoms with E-state index in [4.69, 9.17) is 18.9 Å². The molecule has 6 nitrogen and oxygen atoms in total. The molecule has 5 atom stereocenters. The predicted octanol–water partition coefficient (Wildman–Crippen LogP) is 4.79. The third-order valence-corrected chi connectivity index (χ3v) is 8.33. The molecule has 0 amide bonds. The average Bonchev–Trinajstić information content (AvgIpc) is 3.28. The Morgan fingerprint density at radius 2 is 1.85 bits per heavy atom. The predicted molar refractivity (Wildman–Crippen MR) is 129 cm³/mol. The van der Waals surface area contributed by atoms with Crippen molar-refractivity contribution in [3.63, 3.8) is 0 Å². The second-order valence-corrected chi connectivity index (χ2v) is 11.6.